The molecule has 0 fully saturated rings. The number of amides is 1. The smallest absolute Gasteiger partial charge is 0.282 e. The van der Waals surface area contributed by atoms with E-state index in [1.165, 1.54) is 12.0 Å². The van der Waals surface area contributed by atoms with Gasteiger partial charge in [0.05, 0.1) is 7.11 Å². The summed E-state index contributed by atoms with van der Waals surface area (Å²) in [5.74, 6) is -0.267. The highest BCUT2D eigenvalue weighted by Crippen LogP contribution is 1.80. The van der Waals surface area contributed by atoms with Gasteiger partial charge in [0.25, 0.3) is 5.91 Å². The first-order valence-corrected chi connectivity index (χ1v) is 3.05. The number of hydrogen-bond donors (Lipinski definition) is 1. The summed E-state index contributed by atoms with van der Waals surface area (Å²) < 4.78 is 0. The lowest BCUT2D eigenvalue weighted by Crippen LogP contribution is -2.37. The molecule has 0 aliphatic heterocycles. The van der Waals surface area contributed by atoms with E-state index in [4.69, 9.17) is 0 Å². The number of nitrogens with one attached hydrogen (secondary N) is 1. The number of thiocarbonyl (C=S) groups is 1. The largest absolute Gasteiger partial charge is 0.343 e. The molecule has 0 aromatic heterocycles. The normalized spacial score (nSPS) is 8.70. The van der Waals surface area contributed by atoms with Crippen LogP contribution in [-0.4, -0.2) is 37.0 Å². The molecule has 0 unspecified atom stereocenters. The predicted molar refractivity (Wildman–Crippen MR) is 41.4 cm³/mol. The maximum Gasteiger partial charge on any atom is 0.282 e. The molecule has 0 aliphatic rings. The van der Waals surface area contributed by atoms with Gasteiger partial charge in [-0.25, -0.2) is 0 Å². The quantitative estimate of drug-likeness (QED) is 0.419. The Kier molecular flexibility index (Phi) is 3.90. The van der Waals surface area contributed by atoms with Crippen molar-refractivity contribution >= 4 is 23.1 Å². The van der Waals surface area contributed by atoms with Gasteiger partial charge in [0.15, 0.2) is 4.99 Å². The molecule has 5 heteroatoms. The average Bonchev–Trinajstić information content (AvgIpc) is 1.87. The first kappa shape index (κ1) is 9.32. The molecule has 0 aliphatic carbocycles. The van der Waals surface area contributed by atoms with Crippen LogP contribution in [0.2, 0.25) is 0 Å². The number of hydroxylamine groups is 1. The minimum atomic E-state index is -0.267. The fraction of sp³-hybridized carbons (Fsp3) is 0.600. The van der Waals surface area contributed by atoms with Crippen molar-refractivity contribution in [2.24, 2.45) is 0 Å². The fourth-order valence-corrected chi connectivity index (χ4v) is 0.605. The van der Waals surface area contributed by atoms with Gasteiger partial charge >= 0.3 is 0 Å². The Morgan fingerprint density at radius 1 is 1.60 bits per heavy atom. The van der Waals surface area contributed by atoms with E-state index in [2.05, 4.69) is 22.5 Å². The minimum absolute atomic E-state index is 0.0625. The number of nitrogens with zero attached hydrogens (tertiary/aromatic N) is 1. The topological polar surface area (TPSA) is 41.6 Å². The van der Waals surface area contributed by atoms with Crippen molar-refractivity contribution < 1.29 is 9.63 Å². The van der Waals surface area contributed by atoms with Gasteiger partial charge in [-0.1, -0.05) is 12.2 Å². The number of likely N-dealkylation sites (N-methyl/N-ethyl adjacent to an activating group) is 1. The first-order valence-electron chi connectivity index (χ1n) is 2.64. The standard InChI is InChI=1S/C5H10N2O2S/c1-7(2)5(8)4(10)6-9-3/h1-3H3,(H,6,10). The highest BCUT2D eigenvalue weighted by molar-refractivity contribution is 7.82. The average molecular weight is 162 g/mol. The molecule has 58 valence electrons. The Labute approximate surface area is 65.1 Å². The minimum Gasteiger partial charge on any atom is -0.343 e. The fourth-order valence-electron chi connectivity index (χ4n) is 0.339. The number of rotatable bonds is 1. The molecule has 0 rings (SSSR count). The van der Waals surface area contributed by atoms with Crippen LogP contribution >= 0.6 is 12.2 Å². The van der Waals surface area contributed by atoms with Crippen LogP contribution in [0.1, 0.15) is 0 Å². The zero-order valence-electron chi connectivity index (χ0n) is 6.17. The van der Waals surface area contributed by atoms with E-state index >= 15 is 0 Å². The van der Waals surface area contributed by atoms with Gasteiger partial charge in [0.2, 0.25) is 0 Å². The summed E-state index contributed by atoms with van der Waals surface area (Å²) in [6.07, 6.45) is 0. The van der Waals surface area contributed by atoms with E-state index in [1.54, 1.807) is 14.1 Å². The van der Waals surface area contributed by atoms with Gasteiger partial charge < -0.3 is 4.90 Å². The number of hydrogen-bond acceptors (Lipinski definition) is 3. The van der Waals surface area contributed by atoms with Gasteiger partial charge in [-0.15, -0.1) is 0 Å². The molecular weight excluding hydrogens is 152 g/mol. The van der Waals surface area contributed by atoms with E-state index in [-0.39, 0.29) is 10.9 Å². The van der Waals surface area contributed by atoms with Crippen molar-refractivity contribution in [2.45, 2.75) is 0 Å². The van der Waals surface area contributed by atoms with E-state index in [1.807, 2.05) is 0 Å². The van der Waals surface area contributed by atoms with Crippen LogP contribution in [-0.2, 0) is 9.63 Å². The van der Waals surface area contributed by atoms with Crippen LogP contribution in [0.25, 0.3) is 0 Å². The summed E-state index contributed by atoms with van der Waals surface area (Å²) in [7, 11) is 4.63. The summed E-state index contributed by atoms with van der Waals surface area (Å²) >= 11 is 4.62. The van der Waals surface area contributed by atoms with Crippen LogP contribution in [0.3, 0.4) is 0 Å². The Balaban J connectivity index is 3.83. The third-order valence-corrected chi connectivity index (χ3v) is 1.05. The molecule has 10 heavy (non-hydrogen) atoms. The molecule has 0 aromatic carbocycles. The second kappa shape index (κ2) is 4.19. The second-order valence-corrected chi connectivity index (χ2v) is 2.24. The van der Waals surface area contributed by atoms with E-state index in [9.17, 15) is 4.79 Å². The third kappa shape index (κ3) is 2.75. The summed E-state index contributed by atoms with van der Waals surface area (Å²) in [5.41, 5.74) is 2.27. The van der Waals surface area contributed by atoms with E-state index in [0.717, 1.165) is 0 Å². The van der Waals surface area contributed by atoms with Crippen molar-refractivity contribution in [3.8, 4) is 0 Å². The number of carbonyl (C=O) groups excluding carboxylic acids is 1. The zero-order chi connectivity index (χ0) is 8.15. The summed E-state index contributed by atoms with van der Waals surface area (Å²) in [5, 5.41) is 0. The van der Waals surface area contributed by atoms with Gasteiger partial charge in [0, 0.05) is 14.1 Å². The molecule has 0 spiro atoms. The van der Waals surface area contributed by atoms with Gasteiger partial charge in [-0.2, -0.15) is 0 Å². The Bertz CT molecular complexity index is 147. The molecule has 0 bridgehead atoms. The summed E-state index contributed by atoms with van der Waals surface area (Å²) in [6, 6.07) is 0. The monoisotopic (exact) mass is 162 g/mol. The maximum atomic E-state index is 10.9. The van der Waals surface area contributed by atoms with Crippen molar-refractivity contribution in [3.05, 3.63) is 0 Å². The lowest BCUT2D eigenvalue weighted by atomic mass is 10.6. The molecule has 0 saturated carbocycles. The Morgan fingerprint density at radius 3 is 2.40 bits per heavy atom. The molecule has 0 aromatic rings. The van der Waals surface area contributed by atoms with Gasteiger partial charge in [-0.3, -0.25) is 15.1 Å². The van der Waals surface area contributed by atoms with Gasteiger partial charge in [0.1, 0.15) is 0 Å². The lowest BCUT2D eigenvalue weighted by Gasteiger charge is -2.10. The van der Waals surface area contributed by atoms with Crippen LogP contribution in [0.4, 0.5) is 0 Å². The third-order valence-electron chi connectivity index (χ3n) is 0.795. The lowest BCUT2D eigenvalue weighted by molar-refractivity contribution is -0.122. The predicted octanol–water partition coefficient (Wildman–Crippen LogP) is -0.447. The highest BCUT2D eigenvalue weighted by atomic mass is 32.1. The zero-order valence-corrected chi connectivity index (χ0v) is 6.99. The van der Waals surface area contributed by atoms with Crippen LogP contribution in [0, 0.1) is 0 Å². The van der Waals surface area contributed by atoms with Gasteiger partial charge in [-0.05, 0) is 0 Å². The van der Waals surface area contributed by atoms with Crippen molar-refractivity contribution in [1.82, 2.24) is 10.4 Å². The van der Waals surface area contributed by atoms with Crippen LogP contribution in [0.5, 0.6) is 0 Å². The maximum absolute atomic E-state index is 10.9. The molecule has 4 nitrogen and oxygen atoms in total. The molecule has 0 saturated heterocycles. The number of carbonyl (C=O) groups is 1. The van der Waals surface area contributed by atoms with Crippen molar-refractivity contribution in [2.75, 3.05) is 21.2 Å². The van der Waals surface area contributed by atoms with Crippen molar-refractivity contribution in [3.63, 3.8) is 0 Å². The van der Waals surface area contributed by atoms with Crippen LogP contribution in [0.15, 0.2) is 0 Å². The van der Waals surface area contributed by atoms with Crippen molar-refractivity contribution in [1.29, 1.82) is 0 Å². The summed E-state index contributed by atoms with van der Waals surface area (Å²) in [6.45, 7) is 0. The molecule has 0 heterocycles. The molecular formula is C5H10N2O2S. The van der Waals surface area contributed by atoms with E-state index < -0.39 is 0 Å². The molecule has 0 radical (unpaired) electrons. The molecule has 1 N–H and O–H groups in total. The molecule has 0 atom stereocenters. The SMILES string of the molecule is CONC(=S)C(=O)N(C)C. The second-order valence-electron chi connectivity index (χ2n) is 1.83. The molecule has 1 amide bonds. The Morgan fingerprint density at radius 2 is 2.10 bits per heavy atom. The van der Waals surface area contributed by atoms with E-state index in [0.29, 0.717) is 0 Å². The summed E-state index contributed by atoms with van der Waals surface area (Å²) in [4.78, 5) is 16.7. The van der Waals surface area contributed by atoms with Crippen LogP contribution < -0.4 is 5.48 Å². The first-order chi connectivity index (χ1) is 4.59. The highest BCUT2D eigenvalue weighted by Gasteiger charge is 2.09. The Hall–Kier alpha value is -0.680.